The molecule has 4 nitrogen and oxygen atoms in total. The lowest BCUT2D eigenvalue weighted by Crippen LogP contribution is -2.26. The van der Waals surface area contributed by atoms with Crippen LogP contribution in [0.5, 0.6) is 0 Å². The highest BCUT2D eigenvalue weighted by molar-refractivity contribution is 5.37. The molecular weight excluding hydrogens is 242 g/mol. The van der Waals surface area contributed by atoms with Crippen molar-refractivity contribution >= 4 is 5.69 Å². The van der Waals surface area contributed by atoms with Gasteiger partial charge in [-0.3, -0.25) is 10.1 Å². The second-order valence-electron chi connectivity index (χ2n) is 4.17. The van der Waals surface area contributed by atoms with Gasteiger partial charge in [-0.1, -0.05) is 12.2 Å². The summed E-state index contributed by atoms with van der Waals surface area (Å²) in [7, 11) is 0. The number of nitrogens with one attached hydrogen (secondary N) is 1. The van der Waals surface area contributed by atoms with Crippen molar-refractivity contribution in [3.05, 3.63) is 51.6 Å². The van der Waals surface area contributed by atoms with Crippen molar-refractivity contribution in [3.8, 4) is 0 Å². The van der Waals surface area contributed by atoms with Gasteiger partial charge >= 0.3 is 5.69 Å². The van der Waals surface area contributed by atoms with E-state index < -0.39 is 22.2 Å². The molecule has 0 saturated carbocycles. The van der Waals surface area contributed by atoms with Gasteiger partial charge in [0.2, 0.25) is 5.82 Å². The van der Waals surface area contributed by atoms with Crippen molar-refractivity contribution in [2.45, 2.75) is 25.4 Å². The summed E-state index contributed by atoms with van der Waals surface area (Å²) in [6, 6.07) is 1.72. The standard InChI is InChI=1S/C12H12F2N2O2/c13-10-6-11(14)12(16(17)18)5-8(10)7-15-9-3-1-2-4-9/h1-2,5-6,9,15H,3-4,7H2. The predicted molar refractivity (Wildman–Crippen MR) is 62.0 cm³/mol. The van der Waals surface area contributed by atoms with E-state index in [4.69, 9.17) is 0 Å². The number of hydrogen-bond acceptors (Lipinski definition) is 3. The molecule has 0 unspecified atom stereocenters. The van der Waals surface area contributed by atoms with Crippen LogP contribution in [0, 0.1) is 21.7 Å². The Morgan fingerprint density at radius 3 is 2.56 bits per heavy atom. The molecule has 0 heterocycles. The number of nitrogens with zero attached hydrogens (tertiary/aromatic N) is 1. The fourth-order valence-electron chi connectivity index (χ4n) is 1.89. The van der Waals surface area contributed by atoms with Gasteiger partial charge < -0.3 is 5.32 Å². The largest absolute Gasteiger partial charge is 0.309 e. The van der Waals surface area contributed by atoms with Crippen LogP contribution in [0.25, 0.3) is 0 Å². The van der Waals surface area contributed by atoms with Crippen LogP contribution in [0.4, 0.5) is 14.5 Å². The van der Waals surface area contributed by atoms with E-state index in [0.29, 0.717) is 6.07 Å². The third-order valence-corrected chi connectivity index (χ3v) is 2.90. The van der Waals surface area contributed by atoms with Gasteiger partial charge in [0.05, 0.1) is 4.92 Å². The van der Waals surface area contributed by atoms with Gasteiger partial charge in [-0.2, -0.15) is 4.39 Å². The first-order valence-electron chi connectivity index (χ1n) is 5.58. The Kier molecular flexibility index (Phi) is 3.66. The second kappa shape index (κ2) is 5.22. The highest BCUT2D eigenvalue weighted by Crippen LogP contribution is 2.22. The molecule has 0 aromatic heterocycles. The Hall–Kier alpha value is -1.82. The zero-order valence-corrected chi connectivity index (χ0v) is 9.53. The molecular formula is C12H12F2N2O2. The summed E-state index contributed by atoms with van der Waals surface area (Å²) in [5.74, 6) is -1.92. The highest BCUT2D eigenvalue weighted by Gasteiger charge is 2.19. The molecule has 6 heteroatoms. The van der Waals surface area contributed by atoms with E-state index >= 15 is 0 Å². The van der Waals surface area contributed by atoms with Crippen LogP contribution in [0.3, 0.4) is 0 Å². The number of halogens is 2. The van der Waals surface area contributed by atoms with E-state index in [1.54, 1.807) is 0 Å². The van der Waals surface area contributed by atoms with E-state index in [9.17, 15) is 18.9 Å². The van der Waals surface area contributed by atoms with E-state index in [-0.39, 0.29) is 18.2 Å². The number of rotatable bonds is 4. The summed E-state index contributed by atoms with van der Waals surface area (Å²) in [6.45, 7) is 0.152. The molecule has 1 aromatic rings. The average molecular weight is 254 g/mol. The lowest BCUT2D eigenvalue weighted by Gasteiger charge is -2.12. The fourth-order valence-corrected chi connectivity index (χ4v) is 1.89. The monoisotopic (exact) mass is 254 g/mol. The third-order valence-electron chi connectivity index (χ3n) is 2.90. The molecule has 18 heavy (non-hydrogen) atoms. The molecule has 0 radical (unpaired) electrons. The minimum Gasteiger partial charge on any atom is -0.309 e. The molecule has 1 aliphatic rings. The normalized spacial score (nSPS) is 15.2. The smallest absolute Gasteiger partial charge is 0.305 e. The fraction of sp³-hybridized carbons (Fsp3) is 0.333. The first kappa shape index (κ1) is 12.6. The van der Waals surface area contributed by atoms with E-state index in [0.717, 1.165) is 18.9 Å². The van der Waals surface area contributed by atoms with Crippen molar-refractivity contribution < 1.29 is 13.7 Å². The highest BCUT2D eigenvalue weighted by atomic mass is 19.1. The first-order valence-corrected chi connectivity index (χ1v) is 5.58. The number of benzene rings is 1. The third kappa shape index (κ3) is 2.70. The molecule has 0 spiro atoms. The summed E-state index contributed by atoms with van der Waals surface area (Å²) < 4.78 is 26.6. The topological polar surface area (TPSA) is 55.2 Å². The van der Waals surface area contributed by atoms with Gasteiger partial charge in [0.25, 0.3) is 0 Å². The zero-order valence-electron chi connectivity index (χ0n) is 9.53. The Balaban J connectivity index is 2.11. The maximum absolute atomic E-state index is 13.4. The molecule has 0 aliphatic heterocycles. The summed E-state index contributed by atoms with van der Waals surface area (Å²) in [6.07, 6.45) is 5.73. The average Bonchev–Trinajstić information content (AvgIpc) is 2.80. The lowest BCUT2D eigenvalue weighted by atomic mass is 10.1. The maximum atomic E-state index is 13.4. The van der Waals surface area contributed by atoms with Crippen LogP contribution in [-0.2, 0) is 6.54 Å². The van der Waals surface area contributed by atoms with E-state index in [1.807, 2.05) is 12.2 Å². The summed E-state index contributed by atoms with van der Waals surface area (Å²) in [4.78, 5) is 9.71. The maximum Gasteiger partial charge on any atom is 0.305 e. The molecule has 0 amide bonds. The Morgan fingerprint density at radius 2 is 1.94 bits per heavy atom. The first-order chi connectivity index (χ1) is 8.58. The van der Waals surface area contributed by atoms with Crippen molar-refractivity contribution in [1.29, 1.82) is 0 Å². The Bertz CT molecular complexity index is 495. The summed E-state index contributed by atoms with van der Waals surface area (Å²) in [5.41, 5.74) is -0.590. The molecule has 0 atom stereocenters. The molecule has 1 aliphatic carbocycles. The van der Waals surface area contributed by atoms with Crippen LogP contribution >= 0.6 is 0 Å². The zero-order chi connectivity index (χ0) is 13.1. The van der Waals surface area contributed by atoms with Gasteiger partial charge in [-0.25, -0.2) is 4.39 Å². The van der Waals surface area contributed by atoms with Gasteiger partial charge in [0.15, 0.2) is 0 Å². The Morgan fingerprint density at radius 1 is 1.28 bits per heavy atom. The minimum absolute atomic E-state index is 0.106. The molecule has 1 N–H and O–H groups in total. The lowest BCUT2D eigenvalue weighted by molar-refractivity contribution is -0.387. The van der Waals surface area contributed by atoms with Gasteiger partial charge in [0, 0.05) is 30.3 Å². The van der Waals surface area contributed by atoms with Crippen molar-refractivity contribution in [2.75, 3.05) is 0 Å². The molecule has 2 rings (SSSR count). The van der Waals surface area contributed by atoms with Gasteiger partial charge in [-0.05, 0) is 12.8 Å². The van der Waals surface area contributed by atoms with Crippen LogP contribution in [0.1, 0.15) is 18.4 Å². The van der Waals surface area contributed by atoms with E-state index in [2.05, 4.69) is 5.32 Å². The van der Waals surface area contributed by atoms with Crippen LogP contribution in [0.2, 0.25) is 0 Å². The van der Waals surface area contributed by atoms with Crippen molar-refractivity contribution in [1.82, 2.24) is 5.32 Å². The second-order valence-corrected chi connectivity index (χ2v) is 4.17. The number of hydrogen-bond donors (Lipinski definition) is 1. The summed E-state index contributed by atoms with van der Waals surface area (Å²) in [5, 5.41) is 13.6. The quantitative estimate of drug-likeness (QED) is 0.510. The van der Waals surface area contributed by atoms with Crippen LogP contribution < -0.4 is 5.32 Å². The van der Waals surface area contributed by atoms with Crippen LogP contribution in [0.15, 0.2) is 24.3 Å². The van der Waals surface area contributed by atoms with Gasteiger partial charge in [0.1, 0.15) is 5.82 Å². The molecule has 0 saturated heterocycles. The van der Waals surface area contributed by atoms with Gasteiger partial charge in [-0.15, -0.1) is 0 Å². The molecule has 0 fully saturated rings. The predicted octanol–water partition coefficient (Wildman–Crippen LogP) is 2.68. The number of nitro groups is 1. The summed E-state index contributed by atoms with van der Waals surface area (Å²) >= 11 is 0. The SMILES string of the molecule is O=[N+]([O-])c1cc(CNC2CC=CC2)c(F)cc1F. The van der Waals surface area contributed by atoms with Crippen molar-refractivity contribution in [3.63, 3.8) is 0 Å². The van der Waals surface area contributed by atoms with Crippen LogP contribution in [-0.4, -0.2) is 11.0 Å². The van der Waals surface area contributed by atoms with E-state index in [1.165, 1.54) is 0 Å². The van der Waals surface area contributed by atoms with Crippen molar-refractivity contribution in [2.24, 2.45) is 0 Å². The molecule has 0 bridgehead atoms. The number of nitro benzene ring substituents is 1. The Labute approximate surface area is 102 Å². The minimum atomic E-state index is -1.15. The molecule has 1 aromatic carbocycles. The molecule has 96 valence electrons.